The highest BCUT2D eigenvalue weighted by molar-refractivity contribution is 6.08. The Kier molecular flexibility index (Phi) is 9.99. The molecule has 2 heterocycles. The molecule has 0 bridgehead atoms. The van der Waals surface area contributed by atoms with E-state index in [4.69, 9.17) is 8.83 Å². The highest BCUT2D eigenvalue weighted by Crippen LogP contribution is 2.59. The number of hydrogen-bond donors (Lipinski definition) is 0. The van der Waals surface area contributed by atoms with E-state index in [1.807, 2.05) is 72.8 Å². The maximum atomic E-state index is 11.9. The van der Waals surface area contributed by atoms with Crippen LogP contribution >= 0.6 is 0 Å². The highest BCUT2D eigenvalue weighted by atomic mass is 16.3. The van der Waals surface area contributed by atoms with Gasteiger partial charge in [-0.3, -0.25) is 0 Å². The lowest BCUT2D eigenvalue weighted by Crippen LogP contribution is -2.38. The molecule has 0 spiro atoms. The van der Waals surface area contributed by atoms with Crippen LogP contribution < -0.4 is 9.80 Å². The molecule has 0 saturated heterocycles. The molecule has 6 heteroatoms. The van der Waals surface area contributed by atoms with Crippen molar-refractivity contribution in [3.05, 3.63) is 216 Å². The number of furan rings is 2. The number of nitrogens with zero attached hydrogens (tertiary/aromatic N) is 4. The lowest BCUT2D eigenvalue weighted by molar-refractivity contribution is 0.333. The van der Waals surface area contributed by atoms with E-state index in [0.717, 1.165) is 113 Å². The summed E-state index contributed by atoms with van der Waals surface area (Å²) in [4.78, 5) is 4.40. The molecule has 12 rings (SSSR count). The van der Waals surface area contributed by atoms with Crippen molar-refractivity contribution in [2.24, 2.45) is 0 Å². The average Bonchev–Trinajstić information content (AvgIpc) is 3.96. The van der Waals surface area contributed by atoms with Crippen LogP contribution in [0.15, 0.2) is 203 Å². The Morgan fingerprint density at radius 2 is 0.700 bits per heavy atom. The normalized spacial score (nSPS) is 13.8. The van der Waals surface area contributed by atoms with Gasteiger partial charge in [0.1, 0.15) is 34.5 Å². The minimum absolute atomic E-state index is 0.301. The van der Waals surface area contributed by atoms with Crippen LogP contribution in [0.4, 0.5) is 34.1 Å². The fourth-order valence-corrected chi connectivity index (χ4v) is 11.0. The molecule has 336 valence electrons. The molecule has 0 N–H and O–H groups in total. The molecule has 6 nitrogen and oxygen atoms in total. The standard InChI is InChI=1S/C64H48N4O2/c1-63(2)35-36-64(3,4)60-59(63)61(67(45-27-23-43(24-28-45)41-15-7-5-8-16-41)47-31-33-51-49-19-11-13-21-55(49)69-57(51)37-47)53(39-65)54(40-66)62(60)68(46-29-25-44(26-30-46)42-17-9-6-10-18-42)48-32-34-52-50-20-12-14-22-56(50)70-58(52)38-48/h5-34,37-38H,35-36H2,1-4H3. The molecule has 70 heavy (non-hydrogen) atoms. The molecule has 9 aromatic carbocycles. The molecule has 0 atom stereocenters. The maximum absolute atomic E-state index is 11.9. The van der Waals surface area contributed by atoms with E-state index in [1.165, 1.54) is 0 Å². The Labute approximate surface area is 407 Å². The van der Waals surface area contributed by atoms with Crippen LogP contribution in [0, 0.1) is 22.7 Å². The summed E-state index contributed by atoms with van der Waals surface area (Å²) in [5.41, 5.74) is 13.9. The monoisotopic (exact) mass is 904 g/mol. The SMILES string of the molecule is CC1(C)CCC(C)(C)c2c(N(c3ccc(-c4ccccc4)cc3)c3ccc4c(c3)oc3ccccc34)c(C#N)c(C#N)c(N(c3ccc(-c4ccccc4)cc3)c3ccc4c(c3)oc3ccccc34)c21. The van der Waals surface area contributed by atoms with Crippen LogP contribution in [0.2, 0.25) is 0 Å². The Hall–Kier alpha value is -8.84. The number of nitriles is 2. The largest absolute Gasteiger partial charge is 0.456 e. The summed E-state index contributed by atoms with van der Waals surface area (Å²) in [5, 5.41) is 27.9. The molecule has 1 aliphatic rings. The molecule has 0 saturated carbocycles. The smallest absolute Gasteiger partial charge is 0.137 e. The Morgan fingerprint density at radius 3 is 1.09 bits per heavy atom. The third-order valence-electron chi connectivity index (χ3n) is 14.6. The van der Waals surface area contributed by atoms with Crippen LogP contribution in [-0.4, -0.2) is 0 Å². The molecule has 0 unspecified atom stereocenters. The van der Waals surface area contributed by atoms with Gasteiger partial charge in [-0.25, -0.2) is 0 Å². The predicted octanol–water partition coefficient (Wildman–Crippen LogP) is 17.9. The molecule has 0 radical (unpaired) electrons. The van der Waals surface area contributed by atoms with Crippen LogP contribution in [-0.2, 0) is 10.8 Å². The van der Waals surface area contributed by atoms with Crippen molar-refractivity contribution in [1.82, 2.24) is 0 Å². The quantitative estimate of drug-likeness (QED) is 0.151. The zero-order chi connectivity index (χ0) is 47.7. The fraction of sp³-hybridized carbons (Fsp3) is 0.125. The summed E-state index contributed by atoms with van der Waals surface area (Å²) in [5.74, 6) is 0. The zero-order valence-electron chi connectivity index (χ0n) is 39.5. The summed E-state index contributed by atoms with van der Waals surface area (Å²) in [6.45, 7) is 9.17. The predicted molar refractivity (Wildman–Crippen MR) is 286 cm³/mol. The molecule has 11 aromatic rings. The van der Waals surface area contributed by atoms with Gasteiger partial charge in [0, 0.05) is 56.4 Å². The number of rotatable bonds is 8. The molecule has 0 fully saturated rings. The number of hydrogen-bond acceptors (Lipinski definition) is 6. The Balaban J connectivity index is 1.17. The van der Waals surface area contributed by atoms with E-state index in [-0.39, 0.29) is 0 Å². The first-order chi connectivity index (χ1) is 34.1. The van der Waals surface area contributed by atoms with Crippen LogP contribution in [0.1, 0.15) is 62.8 Å². The summed E-state index contributed by atoms with van der Waals surface area (Å²) in [6, 6.07) is 72.0. The fourth-order valence-electron chi connectivity index (χ4n) is 11.0. The number of para-hydroxylation sites is 2. The Morgan fingerprint density at radius 1 is 0.371 bits per heavy atom. The molecule has 0 aliphatic heterocycles. The first-order valence-corrected chi connectivity index (χ1v) is 23.9. The van der Waals surface area contributed by atoms with Crippen molar-refractivity contribution < 1.29 is 8.83 Å². The minimum Gasteiger partial charge on any atom is -0.456 e. The number of fused-ring (bicyclic) bond motifs is 7. The summed E-state index contributed by atoms with van der Waals surface area (Å²) < 4.78 is 13.1. The second-order valence-electron chi connectivity index (χ2n) is 19.7. The van der Waals surface area contributed by atoms with E-state index < -0.39 is 10.8 Å². The van der Waals surface area contributed by atoms with E-state index >= 15 is 0 Å². The van der Waals surface area contributed by atoms with E-state index in [0.29, 0.717) is 22.5 Å². The van der Waals surface area contributed by atoms with Crippen molar-refractivity contribution in [3.63, 3.8) is 0 Å². The summed E-state index contributed by atoms with van der Waals surface area (Å²) >= 11 is 0. The van der Waals surface area contributed by atoms with Crippen molar-refractivity contribution in [2.75, 3.05) is 9.80 Å². The van der Waals surface area contributed by atoms with Gasteiger partial charge in [-0.1, -0.05) is 149 Å². The van der Waals surface area contributed by atoms with Gasteiger partial charge in [0.15, 0.2) is 0 Å². The van der Waals surface area contributed by atoms with Crippen LogP contribution in [0.5, 0.6) is 0 Å². The van der Waals surface area contributed by atoms with Crippen molar-refractivity contribution in [1.29, 1.82) is 10.5 Å². The van der Waals surface area contributed by atoms with Gasteiger partial charge in [0.05, 0.1) is 22.5 Å². The summed E-state index contributed by atoms with van der Waals surface area (Å²) in [6.07, 6.45) is 1.71. The van der Waals surface area contributed by atoms with Crippen molar-refractivity contribution in [3.8, 4) is 34.4 Å². The van der Waals surface area contributed by atoms with Gasteiger partial charge in [-0.05, 0) is 118 Å². The van der Waals surface area contributed by atoms with Gasteiger partial charge >= 0.3 is 0 Å². The lowest BCUT2D eigenvalue weighted by atomic mass is 9.61. The van der Waals surface area contributed by atoms with E-state index in [2.05, 4.69) is 171 Å². The number of anilines is 6. The number of benzene rings is 9. The Bertz CT molecular complexity index is 3650. The van der Waals surface area contributed by atoms with Gasteiger partial charge in [0.2, 0.25) is 0 Å². The third-order valence-corrected chi connectivity index (χ3v) is 14.6. The maximum Gasteiger partial charge on any atom is 0.137 e. The second-order valence-corrected chi connectivity index (χ2v) is 19.7. The van der Waals surface area contributed by atoms with Crippen LogP contribution in [0.3, 0.4) is 0 Å². The zero-order valence-corrected chi connectivity index (χ0v) is 39.5. The highest BCUT2D eigenvalue weighted by Gasteiger charge is 2.46. The van der Waals surface area contributed by atoms with Crippen LogP contribution in [0.25, 0.3) is 66.1 Å². The van der Waals surface area contributed by atoms with E-state index in [9.17, 15) is 10.5 Å². The van der Waals surface area contributed by atoms with Gasteiger partial charge in [-0.2, -0.15) is 10.5 Å². The van der Waals surface area contributed by atoms with Gasteiger partial charge in [-0.15, -0.1) is 0 Å². The molecular weight excluding hydrogens is 857 g/mol. The average molecular weight is 905 g/mol. The van der Waals surface area contributed by atoms with Crippen molar-refractivity contribution >= 4 is 78.0 Å². The molecule has 1 aliphatic carbocycles. The first-order valence-electron chi connectivity index (χ1n) is 23.9. The molecule has 0 amide bonds. The summed E-state index contributed by atoms with van der Waals surface area (Å²) in [7, 11) is 0. The third kappa shape index (κ3) is 6.91. The minimum atomic E-state index is -0.453. The molecular formula is C64H48N4O2. The van der Waals surface area contributed by atoms with Gasteiger partial charge < -0.3 is 18.6 Å². The topological polar surface area (TPSA) is 80.3 Å². The lowest BCUT2D eigenvalue weighted by Gasteiger charge is -2.47. The second kappa shape index (κ2) is 16.4. The first kappa shape index (κ1) is 42.5. The molecule has 2 aromatic heterocycles. The van der Waals surface area contributed by atoms with Crippen molar-refractivity contribution in [2.45, 2.75) is 51.4 Å². The van der Waals surface area contributed by atoms with E-state index in [1.54, 1.807) is 0 Å². The van der Waals surface area contributed by atoms with Gasteiger partial charge in [0.25, 0.3) is 0 Å².